The second-order valence-electron chi connectivity index (χ2n) is 6.81. The van der Waals surface area contributed by atoms with Crippen molar-refractivity contribution in [2.75, 3.05) is 32.7 Å². The number of nitrogens with one attached hydrogen (secondary N) is 1. The Kier molecular flexibility index (Phi) is 5.86. The zero-order valence-electron chi connectivity index (χ0n) is 14.2. The molecule has 3 rings (SSSR count). The number of rotatable bonds is 6. The predicted molar refractivity (Wildman–Crippen MR) is 93.3 cm³/mol. The molecule has 1 saturated heterocycles. The minimum Gasteiger partial charge on any atom is -0.355 e. The van der Waals surface area contributed by atoms with Gasteiger partial charge in [-0.1, -0.05) is 36.8 Å². The van der Waals surface area contributed by atoms with Crippen molar-refractivity contribution in [1.82, 2.24) is 15.1 Å². The Labute approximate surface area is 144 Å². The van der Waals surface area contributed by atoms with Crippen molar-refractivity contribution in [3.05, 3.63) is 35.9 Å². The zero-order chi connectivity index (χ0) is 16.8. The highest BCUT2D eigenvalue weighted by molar-refractivity contribution is 5.81. The summed E-state index contributed by atoms with van der Waals surface area (Å²) in [6.07, 6.45) is 3.58. The normalized spacial score (nSPS) is 18.9. The van der Waals surface area contributed by atoms with Gasteiger partial charge in [0.25, 0.3) is 0 Å². The summed E-state index contributed by atoms with van der Waals surface area (Å²) in [7, 11) is 0. The Bertz CT molecular complexity index is 549. The van der Waals surface area contributed by atoms with E-state index >= 15 is 0 Å². The van der Waals surface area contributed by atoms with E-state index in [0.717, 1.165) is 52.0 Å². The van der Waals surface area contributed by atoms with Gasteiger partial charge in [0.2, 0.25) is 11.8 Å². The molecule has 130 valence electrons. The van der Waals surface area contributed by atoms with E-state index < -0.39 is 0 Å². The van der Waals surface area contributed by atoms with E-state index in [1.54, 1.807) is 0 Å². The molecule has 0 atom stereocenters. The number of amides is 2. The van der Waals surface area contributed by atoms with Crippen LogP contribution in [-0.4, -0.2) is 54.3 Å². The number of benzene rings is 1. The molecular weight excluding hydrogens is 302 g/mol. The average molecular weight is 329 g/mol. The predicted octanol–water partition coefficient (Wildman–Crippen LogP) is 1.64. The fourth-order valence-electron chi connectivity index (χ4n) is 3.26. The van der Waals surface area contributed by atoms with E-state index in [9.17, 15) is 9.59 Å². The molecule has 1 aromatic carbocycles. The summed E-state index contributed by atoms with van der Waals surface area (Å²) in [5.74, 6) is 0.478. The Morgan fingerprint density at radius 3 is 2.38 bits per heavy atom. The number of carbonyl (C=O) groups is 2. The lowest BCUT2D eigenvalue weighted by Gasteiger charge is -2.35. The summed E-state index contributed by atoms with van der Waals surface area (Å²) in [4.78, 5) is 28.3. The third-order valence-electron chi connectivity index (χ3n) is 5.09. The Morgan fingerprint density at radius 2 is 1.75 bits per heavy atom. The summed E-state index contributed by atoms with van der Waals surface area (Å²) < 4.78 is 0. The van der Waals surface area contributed by atoms with Gasteiger partial charge in [0.05, 0.1) is 0 Å². The molecule has 5 heteroatoms. The van der Waals surface area contributed by atoms with Gasteiger partial charge in [0.15, 0.2) is 0 Å². The van der Waals surface area contributed by atoms with Crippen LogP contribution in [0.25, 0.3) is 0 Å². The smallest absolute Gasteiger partial charge is 0.224 e. The van der Waals surface area contributed by atoms with Crippen molar-refractivity contribution in [2.45, 2.75) is 32.2 Å². The molecule has 0 spiro atoms. The minimum atomic E-state index is 0.127. The van der Waals surface area contributed by atoms with Gasteiger partial charge in [-0.15, -0.1) is 0 Å². The van der Waals surface area contributed by atoms with Crippen molar-refractivity contribution in [1.29, 1.82) is 0 Å². The fraction of sp³-hybridized carbons (Fsp3) is 0.579. The Hall–Kier alpha value is -1.88. The quantitative estimate of drug-likeness (QED) is 0.863. The lowest BCUT2D eigenvalue weighted by molar-refractivity contribution is -0.133. The van der Waals surface area contributed by atoms with Gasteiger partial charge in [-0.25, -0.2) is 0 Å². The fourth-order valence-corrected chi connectivity index (χ4v) is 3.26. The summed E-state index contributed by atoms with van der Waals surface area (Å²) in [6, 6.07) is 10.4. The summed E-state index contributed by atoms with van der Waals surface area (Å²) in [6.45, 7) is 4.80. The number of hydrogen-bond acceptors (Lipinski definition) is 3. The topological polar surface area (TPSA) is 52.7 Å². The van der Waals surface area contributed by atoms with Crippen molar-refractivity contribution < 1.29 is 9.59 Å². The summed E-state index contributed by atoms with van der Waals surface area (Å²) in [5.41, 5.74) is 1.32. The molecule has 5 nitrogen and oxygen atoms in total. The molecule has 1 aromatic rings. The standard InChI is InChI=1S/C19H27N3O2/c23-18(9-10-20-19(24)17-7-4-8-17)22-13-11-21(12-14-22)15-16-5-2-1-3-6-16/h1-3,5-6,17H,4,7-15H2,(H,20,24). The lowest BCUT2D eigenvalue weighted by atomic mass is 9.85. The number of carbonyl (C=O) groups excluding carboxylic acids is 2. The molecule has 0 radical (unpaired) electrons. The van der Waals surface area contributed by atoms with Crippen LogP contribution in [0.15, 0.2) is 30.3 Å². The van der Waals surface area contributed by atoms with E-state index in [-0.39, 0.29) is 17.7 Å². The van der Waals surface area contributed by atoms with Crippen LogP contribution < -0.4 is 5.32 Å². The molecule has 24 heavy (non-hydrogen) atoms. The maximum atomic E-state index is 12.3. The first-order valence-corrected chi connectivity index (χ1v) is 9.04. The van der Waals surface area contributed by atoms with Crippen LogP contribution in [0, 0.1) is 5.92 Å². The first-order valence-electron chi connectivity index (χ1n) is 9.04. The van der Waals surface area contributed by atoms with Crippen LogP contribution in [0.5, 0.6) is 0 Å². The molecule has 2 amide bonds. The molecule has 0 unspecified atom stereocenters. The molecule has 1 saturated carbocycles. The van der Waals surface area contributed by atoms with Crippen LogP contribution in [0.3, 0.4) is 0 Å². The van der Waals surface area contributed by atoms with Gasteiger partial charge in [0.1, 0.15) is 0 Å². The van der Waals surface area contributed by atoms with Crippen molar-refractivity contribution in [3.8, 4) is 0 Å². The van der Waals surface area contributed by atoms with E-state index in [2.05, 4.69) is 34.5 Å². The molecule has 1 heterocycles. The van der Waals surface area contributed by atoms with Crippen molar-refractivity contribution in [2.24, 2.45) is 5.92 Å². The minimum absolute atomic E-state index is 0.127. The van der Waals surface area contributed by atoms with Crippen LogP contribution in [0.4, 0.5) is 0 Å². The Balaban J connectivity index is 1.33. The molecule has 1 aliphatic heterocycles. The number of piperazine rings is 1. The van der Waals surface area contributed by atoms with E-state index in [0.29, 0.717) is 13.0 Å². The molecule has 0 bridgehead atoms. The molecule has 0 aromatic heterocycles. The van der Waals surface area contributed by atoms with Crippen LogP contribution >= 0.6 is 0 Å². The molecule has 1 N–H and O–H groups in total. The highest BCUT2D eigenvalue weighted by Gasteiger charge is 2.25. The van der Waals surface area contributed by atoms with Gasteiger partial charge >= 0.3 is 0 Å². The maximum absolute atomic E-state index is 12.3. The molecule has 2 fully saturated rings. The SMILES string of the molecule is O=C(NCCC(=O)N1CCN(Cc2ccccc2)CC1)C1CCC1. The van der Waals surface area contributed by atoms with E-state index in [1.165, 1.54) is 5.56 Å². The lowest BCUT2D eigenvalue weighted by Crippen LogP contribution is -2.49. The summed E-state index contributed by atoms with van der Waals surface area (Å²) >= 11 is 0. The van der Waals surface area contributed by atoms with E-state index in [4.69, 9.17) is 0 Å². The molecular formula is C19H27N3O2. The van der Waals surface area contributed by atoms with Crippen LogP contribution in [-0.2, 0) is 16.1 Å². The third-order valence-corrected chi connectivity index (χ3v) is 5.09. The average Bonchev–Trinajstić information content (AvgIpc) is 2.55. The number of hydrogen-bond donors (Lipinski definition) is 1. The van der Waals surface area contributed by atoms with Crippen molar-refractivity contribution in [3.63, 3.8) is 0 Å². The van der Waals surface area contributed by atoms with Gasteiger partial charge in [-0.3, -0.25) is 14.5 Å². The van der Waals surface area contributed by atoms with Crippen molar-refractivity contribution >= 4 is 11.8 Å². The highest BCUT2D eigenvalue weighted by Crippen LogP contribution is 2.26. The zero-order valence-corrected chi connectivity index (χ0v) is 14.2. The second kappa shape index (κ2) is 8.29. The largest absolute Gasteiger partial charge is 0.355 e. The van der Waals surface area contributed by atoms with Gasteiger partial charge in [-0.05, 0) is 18.4 Å². The Morgan fingerprint density at radius 1 is 1.04 bits per heavy atom. The first-order chi connectivity index (χ1) is 11.7. The number of nitrogens with zero attached hydrogens (tertiary/aromatic N) is 2. The monoisotopic (exact) mass is 329 g/mol. The van der Waals surface area contributed by atoms with Gasteiger partial charge in [0, 0.05) is 51.6 Å². The van der Waals surface area contributed by atoms with Crippen LogP contribution in [0.1, 0.15) is 31.2 Å². The van der Waals surface area contributed by atoms with Crippen LogP contribution in [0.2, 0.25) is 0 Å². The highest BCUT2D eigenvalue weighted by atomic mass is 16.2. The first kappa shape index (κ1) is 17.0. The molecule has 1 aliphatic carbocycles. The summed E-state index contributed by atoms with van der Waals surface area (Å²) in [5, 5.41) is 2.90. The van der Waals surface area contributed by atoms with E-state index in [1.807, 2.05) is 11.0 Å². The maximum Gasteiger partial charge on any atom is 0.224 e. The third kappa shape index (κ3) is 4.57. The molecule has 2 aliphatic rings. The van der Waals surface area contributed by atoms with Gasteiger partial charge < -0.3 is 10.2 Å². The van der Waals surface area contributed by atoms with Gasteiger partial charge in [-0.2, -0.15) is 0 Å². The second-order valence-corrected chi connectivity index (χ2v) is 6.81.